The Kier molecular flexibility index (Phi) is 5.15. The number of amides is 2. The van der Waals surface area contributed by atoms with Crippen LogP contribution >= 0.6 is 0 Å². The molecule has 6 nitrogen and oxygen atoms in total. The second-order valence-electron chi connectivity index (χ2n) is 5.77. The zero-order chi connectivity index (χ0) is 16.2. The van der Waals surface area contributed by atoms with Crippen molar-refractivity contribution >= 4 is 17.5 Å². The van der Waals surface area contributed by atoms with Crippen LogP contribution in [0, 0.1) is 0 Å². The number of carbonyl (C=O) groups excluding carboxylic acids is 2. The monoisotopic (exact) mass is 305 g/mol. The Morgan fingerprint density at radius 2 is 2.00 bits per heavy atom. The normalized spacial score (nSPS) is 18.3. The van der Waals surface area contributed by atoms with Crippen LogP contribution in [0.2, 0.25) is 0 Å². The number of hydrogen-bond donors (Lipinski definition) is 3. The Morgan fingerprint density at radius 1 is 1.32 bits per heavy atom. The van der Waals surface area contributed by atoms with Crippen molar-refractivity contribution in [3.63, 3.8) is 0 Å². The number of carbonyl (C=O) groups is 2. The van der Waals surface area contributed by atoms with Crippen molar-refractivity contribution in [3.05, 3.63) is 29.8 Å². The predicted octanol–water partition coefficient (Wildman–Crippen LogP) is 1.33. The van der Waals surface area contributed by atoms with E-state index in [1.165, 1.54) is 6.92 Å². The van der Waals surface area contributed by atoms with Gasteiger partial charge in [-0.05, 0) is 37.5 Å². The van der Waals surface area contributed by atoms with E-state index in [0.717, 1.165) is 5.56 Å². The summed E-state index contributed by atoms with van der Waals surface area (Å²) in [6.07, 6.45) is 1.05. The maximum Gasteiger partial charge on any atom is 0.240 e. The first-order valence-electron chi connectivity index (χ1n) is 7.46. The standard InChI is InChI=1S/C16H23N3O3/c1-11(13-4-3-5-14(10-13)19-12(2)20)18-15(21)16(17)6-8-22-9-7-16/h3-5,10-11H,6-9,17H2,1-2H3,(H,18,21)(H,19,20). The van der Waals surface area contributed by atoms with Crippen LogP contribution in [0.15, 0.2) is 24.3 Å². The lowest BCUT2D eigenvalue weighted by atomic mass is 9.90. The van der Waals surface area contributed by atoms with Crippen LogP contribution in [-0.4, -0.2) is 30.6 Å². The summed E-state index contributed by atoms with van der Waals surface area (Å²) in [5.41, 5.74) is 6.94. The van der Waals surface area contributed by atoms with E-state index >= 15 is 0 Å². The van der Waals surface area contributed by atoms with E-state index in [2.05, 4.69) is 10.6 Å². The minimum absolute atomic E-state index is 0.128. The van der Waals surface area contributed by atoms with Crippen LogP contribution in [0.4, 0.5) is 5.69 Å². The van der Waals surface area contributed by atoms with Gasteiger partial charge < -0.3 is 21.1 Å². The molecule has 1 aromatic carbocycles. The fourth-order valence-electron chi connectivity index (χ4n) is 2.48. The van der Waals surface area contributed by atoms with Crippen LogP contribution < -0.4 is 16.4 Å². The molecule has 2 rings (SSSR count). The van der Waals surface area contributed by atoms with Crippen molar-refractivity contribution in [2.75, 3.05) is 18.5 Å². The zero-order valence-electron chi connectivity index (χ0n) is 13.0. The summed E-state index contributed by atoms with van der Waals surface area (Å²) < 4.78 is 5.26. The van der Waals surface area contributed by atoms with E-state index < -0.39 is 5.54 Å². The van der Waals surface area contributed by atoms with Gasteiger partial charge in [0.1, 0.15) is 0 Å². The molecule has 1 heterocycles. The SMILES string of the molecule is CC(=O)Nc1cccc(C(C)NC(=O)C2(N)CCOCC2)c1. The summed E-state index contributed by atoms with van der Waals surface area (Å²) >= 11 is 0. The highest BCUT2D eigenvalue weighted by Gasteiger charge is 2.36. The fraction of sp³-hybridized carbons (Fsp3) is 0.500. The summed E-state index contributed by atoms with van der Waals surface area (Å²) in [7, 11) is 0. The van der Waals surface area contributed by atoms with Crippen LogP contribution in [0.25, 0.3) is 0 Å². The van der Waals surface area contributed by atoms with Crippen molar-refractivity contribution in [2.24, 2.45) is 5.73 Å². The first-order chi connectivity index (χ1) is 10.4. The maximum atomic E-state index is 12.4. The largest absolute Gasteiger partial charge is 0.381 e. The molecule has 0 aliphatic carbocycles. The molecule has 0 bridgehead atoms. The molecule has 1 unspecified atom stereocenters. The van der Waals surface area contributed by atoms with E-state index in [4.69, 9.17) is 10.5 Å². The Bertz CT molecular complexity index is 553. The van der Waals surface area contributed by atoms with E-state index in [-0.39, 0.29) is 17.9 Å². The van der Waals surface area contributed by atoms with Gasteiger partial charge in [-0.3, -0.25) is 9.59 Å². The first kappa shape index (κ1) is 16.5. The van der Waals surface area contributed by atoms with Gasteiger partial charge in [-0.1, -0.05) is 12.1 Å². The van der Waals surface area contributed by atoms with Gasteiger partial charge >= 0.3 is 0 Å². The number of nitrogens with one attached hydrogen (secondary N) is 2. The van der Waals surface area contributed by atoms with Gasteiger partial charge in [0.05, 0.1) is 11.6 Å². The van der Waals surface area contributed by atoms with Crippen LogP contribution in [0.5, 0.6) is 0 Å². The second kappa shape index (κ2) is 6.89. The van der Waals surface area contributed by atoms with Crippen molar-refractivity contribution in [2.45, 2.75) is 38.3 Å². The third-order valence-corrected chi connectivity index (χ3v) is 3.89. The van der Waals surface area contributed by atoms with Crippen molar-refractivity contribution in [3.8, 4) is 0 Å². The van der Waals surface area contributed by atoms with Gasteiger partial charge in [0.15, 0.2) is 0 Å². The molecule has 0 saturated carbocycles. The lowest BCUT2D eigenvalue weighted by Crippen LogP contribution is -2.57. The molecule has 22 heavy (non-hydrogen) atoms. The molecule has 1 atom stereocenters. The van der Waals surface area contributed by atoms with E-state index in [1.54, 1.807) is 0 Å². The lowest BCUT2D eigenvalue weighted by molar-refractivity contribution is -0.130. The van der Waals surface area contributed by atoms with Gasteiger partial charge in [-0.25, -0.2) is 0 Å². The van der Waals surface area contributed by atoms with Crippen molar-refractivity contribution < 1.29 is 14.3 Å². The third-order valence-electron chi connectivity index (χ3n) is 3.89. The van der Waals surface area contributed by atoms with Gasteiger partial charge in [0.2, 0.25) is 11.8 Å². The average Bonchev–Trinajstić information content (AvgIpc) is 2.47. The minimum atomic E-state index is -0.859. The fourth-order valence-corrected chi connectivity index (χ4v) is 2.48. The minimum Gasteiger partial charge on any atom is -0.381 e. The van der Waals surface area contributed by atoms with Crippen LogP contribution in [0.3, 0.4) is 0 Å². The molecule has 4 N–H and O–H groups in total. The molecule has 0 radical (unpaired) electrons. The smallest absolute Gasteiger partial charge is 0.240 e. The van der Waals surface area contributed by atoms with Crippen molar-refractivity contribution in [1.82, 2.24) is 5.32 Å². The van der Waals surface area contributed by atoms with Gasteiger partial charge in [0.25, 0.3) is 0 Å². The van der Waals surface area contributed by atoms with Crippen LogP contribution in [-0.2, 0) is 14.3 Å². The summed E-state index contributed by atoms with van der Waals surface area (Å²) in [5, 5.41) is 5.69. The molecule has 2 amide bonds. The number of anilines is 1. The number of nitrogens with two attached hydrogens (primary N) is 1. The van der Waals surface area contributed by atoms with E-state index in [1.807, 2.05) is 31.2 Å². The number of hydrogen-bond acceptors (Lipinski definition) is 4. The highest BCUT2D eigenvalue weighted by Crippen LogP contribution is 2.21. The molecule has 1 aliphatic rings. The molecule has 1 saturated heterocycles. The number of rotatable bonds is 4. The topological polar surface area (TPSA) is 93.5 Å². The molecule has 1 aliphatic heterocycles. The highest BCUT2D eigenvalue weighted by atomic mass is 16.5. The Hall–Kier alpha value is -1.92. The second-order valence-corrected chi connectivity index (χ2v) is 5.77. The molecule has 0 aromatic heterocycles. The Morgan fingerprint density at radius 3 is 2.64 bits per heavy atom. The summed E-state index contributed by atoms with van der Waals surface area (Å²) in [6, 6.07) is 7.21. The molecular weight excluding hydrogens is 282 g/mol. The lowest BCUT2D eigenvalue weighted by Gasteiger charge is -2.33. The third kappa shape index (κ3) is 4.05. The van der Waals surface area contributed by atoms with Gasteiger partial charge in [0, 0.05) is 25.8 Å². The summed E-state index contributed by atoms with van der Waals surface area (Å²) in [6.45, 7) is 4.38. The van der Waals surface area contributed by atoms with E-state index in [9.17, 15) is 9.59 Å². The molecule has 120 valence electrons. The Labute approximate surface area is 130 Å². The van der Waals surface area contributed by atoms with Crippen LogP contribution in [0.1, 0.15) is 38.3 Å². The number of benzene rings is 1. The van der Waals surface area contributed by atoms with Gasteiger partial charge in [-0.2, -0.15) is 0 Å². The van der Waals surface area contributed by atoms with Crippen molar-refractivity contribution in [1.29, 1.82) is 0 Å². The quantitative estimate of drug-likeness (QED) is 0.782. The average molecular weight is 305 g/mol. The first-order valence-corrected chi connectivity index (χ1v) is 7.46. The summed E-state index contributed by atoms with van der Waals surface area (Å²) in [4.78, 5) is 23.5. The highest BCUT2D eigenvalue weighted by molar-refractivity contribution is 5.89. The number of ether oxygens (including phenoxy) is 1. The molecule has 6 heteroatoms. The maximum absolute atomic E-state index is 12.4. The van der Waals surface area contributed by atoms with Gasteiger partial charge in [-0.15, -0.1) is 0 Å². The molecule has 1 fully saturated rings. The molecular formula is C16H23N3O3. The summed E-state index contributed by atoms with van der Waals surface area (Å²) in [5.74, 6) is -0.287. The molecule has 1 aromatic rings. The predicted molar refractivity (Wildman–Crippen MR) is 84.3 cm³/mol. The van der Waals surface area contributed by atoms with E-state index in [0.29, 0.717) is 31.7 Å². The molecule has 0 spiro atoms. The zero-order valence-corrected chi connectivity index (χ0v) is 13.0. The Balaban J connectivity index is 2.03.